The van der Waals surface area contributed by atoms with Gasteiger partial charge >= 0.3 is 0 Å². The van der Waals surface area contributed by atoms with E-state index in [1.807, 2.05) is 0 Å². The van der Waals surface area contributed by atoms with Gasteiger partial charge in [-0.05, 0) is 18.3 Å². The molecule has 0 aliphatic rings. The molecule has 0 aliphatic heterocycles. The second-order valence-electron chi connectivity index (χ2n) is 4.04. The third-order valence-corrected chi connectivity index (χ3v) is 1.50. The molecular weight excluding hydrogens is 162 g/mol. The minimum atomic E-state index is -0.0285. The van der Waals surface area contributed by atoms with Crippen molar-refractivity contribution in [3.8, 4) is 0 Å². The lowest BCUT2D eigenvalue weighted by Crippen LogP contribution is -2.25. The molecule has 0 saturated heterocycles. The van der Waals surface area contributed by atoms with E-state index < -0.39 is 0 Å². The zero-order valence-corrected chi connectivity index (χ0v) is 8.45. The van der Waals surface area contributed by atoms with Crippen molar-refractivity contribution in [3.05, 3.63) is 0 Å². The zero-order valence-electron chi connectivity index (χ0n) is 7.63. The lowest BCUT2D eigenvalue weighted by Gasteiger charge is -2.19. The van der Waals surface area contributed by atoms with Gasteiger partial charge in [-0.25, -0.2) is 0 Å². The lowest BCUT2D eigenvalue weighted by molar-refractivity contribution is 0.242. The summed E-state index contributed by atoms with van der Waals surface area (Å²) in [4.78, 5) is 0. The van der Waals surface area contributed by atoms with Crippen LogP contribution in [0.15, 0.2) is 0 Å². The lowest BCUT2D eigenvalue weighted by atomic mass is 9.89. The van der Waals surface area contributed by atoms with Crippen LogP contribution in [0.5, 0.6) is 0 Å². The Bertz CT molecular complexity index is 90.6. The molecule has 0 aromatic rings. The fraction of sp³-hybridized carbons (Fsp3) is 1.00. The van der Waals surface area contributed by atoms with Crippen molar-refractivity contribution in [2.45, 2.75) is 39.7 Å². The third kappa shape index (κ3) is 10.2. The molecule has 0 rings (SSSR count). The summed E-state index contributed by atoms with van der Waals surface area (Å²) in [6, 6.07) is -0.0285. The van der Waals surface area contributed by atoms with E-state index in [-0.39, 0.29) is 25.1 Å². The van der Waals surface area contributed by atoms with Crippen molar-refractivity contribution >= 4 is 12.4 Å². The number of aliphatic hydroxyl groups excluding tert-OH is 1. The van der Waals surface area contributed by atoms with Crippen LogP contribution in [0, 0.1) is 5.41 Å². The Morgan fingerprint density at radius 2 is 1.82 bits per heavy atom. The molecule has 0 fully saturated rings. The Labute approximate surface area is 75.6 Å². The van der Waals surface area contributed by atoms with Gasteiger partial charge in [-0.2, -0.15) is 0 Å². The Hall–Kier alpha value is 0.210. The van der Waals surface area contributed by atoms with Crippen LogP contribution in [0.4, 0.5) is 0 Å². The Morgan fingerprint density at radius 1 is 1.36 bits per heavy atom. The summed E-state index contributed by atoms with van der Waals surface area (Å²) in [5.74, 6) is 0. The van der Waals surface area contributed by atoms with E-state index in [1.165, 1.54) is 0 Å². The Kier molecular flexibility index (Phi) is 7.28. The average Bonchev–Trinajstić information content (AvgIpc) is 1.81. The van der Waals surface area contributed by atoms with E-state index in [0.717, 1.165) is 12.8 Å². The molecule has 0 aliphatic carbocycles. The maximum atomic E-state index is 8.61. The molecule has 11 heavy (non-hydrogen) atoms. The Morgan fingerprint density at radius 3 is 2.09 bits per heavy atom. The van der Waals surface area contributed by atoms with E-state index in [9.17, 15) is 0 Å². The largest absolute Gasteiger partial charge is 0.395 e. The second-order valence-corrected chi connectivity index (χ2v) is 4.04. The van der Waals surface area contributed by atoms with Gasteiger partial charge in [0.05, 0.1) is 6.61 Å². The summed E-state index contributed by atoms with van der Waals surface area (Å²) in [6.07, 6.45) is 1.99. The smallest absolute Gasteiger partial charge is 0.0582 e. The second kappa shape index (κ2) is 5.81. The summed E-state index contributed by atoms with van der Waals surface area (Å²) >= 11 is 0. The normalized spacial score (nSPS) is 13.9. The first-order chi connectivity index (χ1) is 4.45. The molecule has 0 saturated carbocycles. The number of aliphatic hydroxyl groups is 1. The van der Waals surface area contributed by atoms with Crippen LogP contribution < -0.4 is 5.73 Å². The van der Waals surface area contributed by atoms with Gasteiger partial charge < -0.3 is 10.8 Å². The summed E-state index contributed by atoms with van der Waals surface area (Å²) in [7, 11) is 0. The molecule has 0 aromatic carbocycles. The van der Waals surface area contributed by atoms with Gasteiger partial charge in [0, 0.05) is 6.04 Å². The average molecular weight is 182 g/mol. The molecule has 3 heteroatoms. The van der Waals surface area contributed by atoms with Crippen LogP contribution in [0.25, 0.3) is 0 Å². The predicted molar refractivity (Wildman–Crippen MR) is 51.0 cm³/mol. The van der Waals surface area contributed by atoms with Crippen molar-refractivity contribution < 1.29 is 5.11 Å². The summed E-state index contributed by atoms with van der Waals surface area (Å²) in [6.45, 7) is 6.64. The van der Waals surface area contributed by atoms with E-state index >= 15 is 0 Å². The van der Waals surface area contributed by atoms with Crippen LogP contribution in [0.1, 0.15) is 33.6 Å². The molecule has 3 N–H and O–H groups in total. The standard InChI is InChI=1S/C8H19NO.ClH/c1-8(2,3)5-4-7(9)6-10;/h7,10H,4-6,9H2,1-3H3;1H. The Balaban J connectivity index is 0. The van der Waals surface area contributed by atoms with Gasteiger partial charge in [0.1, 0.15) is 0 Å². The minimum Gasteiger partial charge on any atom is -0.395 e. The monoisotopic (exact) mass is 181 g/mol. The van der Waals surface area contributed by atoms with E-state index in [0.29, 0.717) is 5.41 Å². The van der Waals surface area contributed by atoms with E-state index in [1.54, 1.807) is 0 Å². The molecular formula is C8H20ClNO. The van der Waals surface area contributed by atoms with E-state index in [4.69, 9.17) is 10.8 Å². The number of hydrogen-bond acceptors (Lipinski definition) is 2. The maximum Gasteiger partial charge on any atom is 0.0582 e. The highest BCUT2D eigenvalue weighted by Crippen LogP contribution is 2.20. The van der Waals surface area contributed by atoms with Gasteiger partial charge in [0.2, 0.25) is 0 Å². The highest BCUT2D eigenvalue weighted by atomic mass is 35.5. The first-order valence-electron chi connectivity index (χ1n) is 3.82. The highest BCUT2D eigenvalue weighted by molar-refractivity contribution is 5.85. The SMILES string of the molecule is CC(C)(C)CCC(N)CO.Cl. The van der Waals surface area contributed by atoms with Crippen molar-refractivity contribution in [2.75, 3.05) is 6.61 Å². The quantitative estimate of drug-likeness (QED) is 0.694. The number of hydrogen-bond donors (Lipinski definition) is 2. The molecule has 0 amide bonds. The van der Waals surface area contributed by atoms with E-state index in [2.05, 4.69) is 20.8 Å². The third-order valence-electron chi connectivity index (χ3n) is 1.50. The molecule has 0 radical (unpaired) electrons. The van der Waals surface area contributed by atoms with Gasteiger partial charge in [0.15, 0.2) is 0 Å². The fourth-order valence-electron chi connectivity index (χ4n) is 0.710. The van der Waals surface area contributed by atoms with Crippen molar-refractivity contribution in [1.29, 1.82) is 0 Å². The number of halogens is 1. The number of nitrogens with two attached hydrogens (primary N) is 1. The van der Waals surface area contributed by atoms with Crippen molar-refractivity contribution in [3.63, 3.8) is 0 Å². The summed E-state index contributed by atoms with van der Waals surface area (Å²) in [5.41, 5.74) is 5.87. The molecule has 1 unspecified atom stereocenters. The molecule has 2 nitrogen and oxygen atoms in total. The maximum absolute atomic E-state index is 8.61. The zero-order chi connectivity index (χ0) is 8.20. The van der Waals surface area contributed by atoms with Crippen LogP contribution in [-0.2, 0) is 0 Å². The molecule has 0 aromatic heterocycles. The summed E-state index contributed by atoms with van der Waals surface area (Å²) in [5, 5.41) is 8.61. The van der Waals surface area contributed by atoms with Crippen molar-refractivity contribution in [2.24, 2.45) is 11.1 Å². The number of rotatable bonds is 3. The predicted octanol–water partition coefficient (Wildman–Crippen LogP) is 1.55. The van der Waals surface area contributed by atoms with Crippen molar-refractivity contribution in [1.82, 2.24) is 0 Å². The topological polar surface area (TPSA) is 46.2 Å². The molecule has 70 valence electrons. The first kappa shape index (κ1) is 13.8. The molecule has 0 spiro atoms. The fourth-order valence-corrected chi connectivity index (χ4v) is 0.710. The van der Waals surface area contributed by atoms with Crippen LogP contribution in [0.3, 0.4) is 0 Å². The summed E-state index contributed by atoms with van der Waals surface area (Å²) < 4.78 is 0. The van der Waals surface area contributed by atoms with Crippen LogP contribution in [-0.4, -0.2) is 17.8 Å². The van der Waals surface area contributed by atoms with Gasteiger partial charge in [-0.3, -0.25) is 0 Å². The first-order valence-corrected chi connectivity index (χ1v) is 3.82. The molecule has 0 heterocycles. The van der Waals surface area contributed by atoms with Gasteiger partial charge in [-0.15, -0.1) is 12.4 Å². The highest BCUT2D eigenvalue weighted by Gasteiger charge is 2.11. The van der Waals surface area contributed by atoms with Crippen LogP contribution in [0.2, 0.25) is 0 Å². The van der Waals surface area contributed by atoms with Gasteiger partial charge in [-0.1, -0.05) is 20.8 Å². The molecule has 1 atom stereocenters. The van der Waals surface area contributed by atoms with Gasteiger partial charge in [0.25, 0.3) is 0 Å². The minimum absolute atomic E-state index is 0. The molecule has 0 bridgehead atoms. The van der Waals surface area contributed by atoms with Crippen LogP contribution >= 0.6 is 12.4 Å².